The van der Waals surface area contributed by atoms with E-state index in [1.165, 1.54) is 43.7 Å². The molecule has 3 aromatic carbocycles. The topological polar surface area (TPSA) is 83.4 Å². The molecule has 0 spiro atoms. The zero-order valence-corrected chi connectivity index (χ0v) is 25.7. The number of esters is 2. The number of aryl methyl sites for hydroxylation is 1. The van der Waals surface area contributed by atoms with E-state index in [0.29, 0.717) is 30.9 Å². The molecule has 0 fully saturated rings. The lowest BCUT2D eigenvalue weighted by Gasteiger charge is -2.09. The summed E-state index contributed by atoms with van der Waals surface area (Å²) in [6, 6.07) is 22.7. The first-order valence-electron chi connectivity index (χ1n) is 15.7. The van der Waals surface area contributed by atoms with Crippen LogP contribution < -0.4 is 9.47 Å². The van der Waals surface area contributed by atoms with Crippen molar-refractivity contribution in [3.63, 3.8) is 0 Å². The molecule has 0 N–H and O–H groups in total. The molecular weight excluding hydrogens is 554 g/mol. The number of carbonyl (C=O) groups is 2. The highest BCUT2D eigenvalue weighted by atomic mass is 16.6. The Morgan fingerprint density at radius 3 is 2.02 bits per heavy atom. The first-order valence-corrected chi connectivity index (χ1v) is 15.7. The molecular formula is C37H43NO6. The van der Waals surface area contributed by atoms with Gasteiger partial charge in [0.2, 0.25) is 0 Å². The lowest BCUT2D eigenvalue weighted by Crippen LogP contribution is -2.09. The van der Waals surface area contributed by atoms with Crippen molar-refractivity contribution in [2.75, 3.05) is 13.2 Å². The van der Waals surface area contributed by atoms with Crippen molar-refractivity contribution in [1.82, 2.24) is 0 Å². The number of carbonyl (C=O) groups excluding carboxylic acids is 2. The molecule has 1 heterocycles. The van der Waals surface area contributed by atoms with E-state index in [1.807, 2.05) is 12.1 Å². The summed E-state index contributed by atoms with van der Waals surface area (Å²) >= 11 is 0. The molecule has 1 unspecified atom stereocenters. The highest BCUT2D eigenvalue weighted by molar-refractivity contribution is 6.01. The smallest absolute Gasteiger partial charge is 0.343 e. The zero-order chi connectivity index (χ0) is 31.0. The van der Waals surface area contributed by atoms with E-state index in [2.05, 4.69) is 42.9 Å². The van der Waals surface area contributed by atoms with Crippen LogP contribution in [-0.2, 0) is 14.4 Å². The Morgan fingerprint density at radius 2 is 1.39 bits per heavy atom. The quantitative estimate of drug-likeness (QED) is 0.0631. The van der Waals surface area contributed by atoms with Gasteiger partial charge in [0.1, 0.15) is 11.5 Å². The molecule has 0 amide bonds. The second-order valence-corrected chi connectivity index (χ2v) is 11.1. The molecule has 7 nitrogen and oxygen atoms in total. The van der Waals surface area contributed by atoms with E-state index < -0.39 is 5.97 Å². The molecule has 0 aromatic heterocycles. The van der Waals surface area contributed by atoms with Crippen LogP contribution >= 0.6 is 0 Å². The normalized spacial score (nSPS) is 13.9. The van der Waals surface area contributed by atoms with Crippen LogP contribution in [-0.4, -0.2) is 30.9 Å². The Bertz CT molecular complexity index is 1360. The predicted molar refractivity (Wildman–Crippen MR) is 172 cm³/mol. The first-order chi connectivity index (χ1) is 21.5. The maximum atomic E-state index is 12.7. The highest BCUT2D eigenvalue weighted by Gasteiger charge is 2.24. The van der Waals surface area contributed by atoms with Crippen LogP contribution in [0.1, 0.15) is 97.4 Å². The van der Waals surface area contributed by atoms with Gasteiger partial charge in [0.25, 0.3) is 0 Å². The van der Waals surface area contributed by atoms with Crippen LogP contribution in [0.5, 0.6) is 11.5 Å². The van der Waals surface area contributed by atoms with E-state index >= 15 is 0 Å². The average Bonchev–Trinajstić information content (AvgIpc) is 3.54. The fourth-order valence-electron chi connectivity index (χ4n) is 4.94. The molecule has 0 bridgehead atoms. The average molecular weight is 598 g/mol. The number of rotatable bonds is 18. The molecule has 1 aliphatic heterocycles. The predicted octanol–water partition coefficient (Wildman–Crippen LogP) is 8.70. The Kier molecular flexibility index (Phi) is 13.1. The van der Waals surface area contributed by atoms with E-state index in [0.717, 1.165) is 48.3 Å². The van der Waals surface area contributed by atoms with Crippen molar-refractivity contribution in [3.05, 3.63) is 108 Å². The lowest BCUT2D eigenvalue weighted by atomic mass is 9.99. The van der Waals surface area contributed by atoms with Crippen molar-refractivity contribution >= 4 is 17.7 Å². The van der Waals surface area contributed by atoms with Crippen LogP contribution in [0, 0.1) is 6.92 Å². The number of oxime groups is 1. The third-order valence-corrected chi connectivity index (χ3v) is 7.57. The van der Waals surface area contributed by atoms with Gasteiger partial charge in [0.15, 0.2) is 6.10 Å². The number of unbranched alkanes of at least 4 members (excludes halogenated alkanes) is 8. The van der Waals surface area contributed by atoms with Gasteiger partial charge in [-0.3, -0.25) is 0 Å². The molecule has 1 atom stereocenters. The van der Waals surface area contributed by atoms with Gasteiger partial charge in [-0.15, -0.1) is 0 Å². The second kappa shape index (κ2) is 17.7. The molecule has 232 valence electrons. The van der Waals surface area contributed by atoms with E-state index in [-0.39, 0.29) is 12.1 Å². The van der Waals surface area contributed by atoms with Gasteiger partial charge in [0, 0.05) is 12.5 Å². The highest BCUT2D eigenvalue weighted by Crippen LogP contribution is 2.30. The van der Waals surface area contributed by atoms with Crippen molar-refractivity contribution in [2.45, 2.75) is 77.2 Å². The van der Waals surface area contributed by atoms with E-state index in [1.54, 1.807) is 36.4 Å². The van der Waals surface area contributed by atoms with Gasteiger partial charge in [-0.2, -0.15) is 0 Å². The number of nitrogens with zero attached hydrogens (tertiary/aromatic N) is 1. The van der Waals surface area contributed by atoms with Gasteiger partial charge < -0.3 is 19.0 Å². The third-order valence-electron chi connectivity index (χ3n) is 7.57. The molecule has 3 aromatic rings. The molecule has 0 aliphatic carbocycles. The minimum Gasteiger partial charge on any atom is -0.494 e. The largest absolute Gasteiger partial charge is 0.494 e. The summed E-state index contributed by atoms with van der Waals surface area (Å²) in [4.78, 5) is 29.3. The van der Waals surface area contributed by atoms with E-state index in [4.69, 9.17) is 19.0 Å². The molecule has 4 rings (SSSR count). The third kappa shape index (κ3) is 10.7. The summed E-state index contributed by atoms with van der Waals surface area (Å²) in [6.07, 6.45) is 12.0. The minimum atomic E-state index is -0.415. The van der Waals surface area contributed by atoms with Gasteiger partial charge >= 0.3 is 11.9 Å². The maximum absolute atomic E-state index is 12.7. The number of hydrogen-bond acceptors (Lipinski definition) is 7. The molecule has 44 heavy (non-hydrogen) atoms. The van der Waals surface area contributed by atoms with Crippen molar-refractivity contribution in [1.29, 1.82) is 0 Å². The fourth-order valence-corrected chi connectivity index (χ4v) is 4.94. The van der Waals surface area contributed by atoms with Crippen molar-refractivity contribution in [3.8, 4) is 11.5 Å². The van der Waals surface area contributed by atoms with E-state index in [9.17, 15) is 9.59 Å². The van der Waals surface area contributed by atoms with Gasteiger partial charge in [-0.25, -0.2) is 9.59 Å². The summed E-state index contributed by atoms with van der Waals surface area (Å²) in [5.41, 5.74) is 4.60. The summed E-state index contributed by atoms with van der Waals surface area (Å²) in [7, 11) is 0. The maximum Gasteiger partial charge on any atom is 0.343 e. The second-order valence-electron chi connectivity index (χ2n) is 11.1. The lowest BCUT2D eigenvalue weighted by molar-refractivity contribution is -0.137. The van der Waals surface area contributed by atoms with Crippen LogP contribution in [0.15, 0.2) is 90.6 Å². The van der Waals surface area contributed by atoms with Gasteiger partial charge in [-0.1, -0.05) is 86.5 Å². The Labute approximate surface area is 260 Å². The Hall–Kier alpha value is -4.39. The molecule has 0 radical (unpaired) electrons. The first kappa shape index (κ1) is 32.5. The van der Waals surface area contributed by atoms with Crippen LogP contribution in [0.25, 0.3) is 0 Å². The Balaban J connectivity index is 1.07. The van der Waals surface area contributed by atoms with Crippen LogP contribution in [0.3, 0.4) is 0 Å². The van der Waals surface area contributed by atoms with Gasteiger partial charge in [-0.05, 0) is 79.4 Å². The number of benzene rings is 3. The summed E-state index contributed by atoms with van der Waals surface area (Å²) in [5.74, 6) is 0.457. The standard InChI is InChI=1S/C37H43NO6/c1-3-36(39)42-26-12-10-8-6-4-5-7-9-11-25-41-32-21-19-31(20-22-32)37(40)43-33-23-17-29(18-24-33)34-27-35(44-38-34)30-15-13-28(2)14-16-30/h3,13-24,35H,1,4-12,25-27H2,2H3. The monoisotopic (exact) mass is 597 g/mol. The number of hydrogen-bond donors (Lipinski definition) is 0. The molecule has 0 saturated carbocycles. The van der Waals surface area contributed by atoms with Crippen molar-refractivity contribution in [2.24, 2.45) is 5.16 Å². The number of ether oxygens (including phenoxy) is 3. The fraction of sp³-hybridized carbons (Fsp3) is 0.378. The summed E-state index contributed by atoms with van der Waals surface area (Å²) in [5, 5.41) is 4.28. The molecule has 1 aliphatic rings. The van der Waals surface area contributed by atoms with Crippen LogP contribution in [0.2, 0.25) is 0 Å². The molecule has 7 heteroatoms. The molecule has 0 saturated heterocycles. The van der Waals surface area contributed by atoms with Crippen LogP contribution in [0.4, 0.5) is 0 Å². The van der Waals surface area contributed by atoms with Crippen molar-refractivity contribution < 1.29 is 28.6 Å². The van der Waals surface area contributed by atoms with Gasteiger partial charge in [0.05, 0.1) is 24.5 Å². The zero-order valence-electron chi connectivity index (χ0n) is 25.7. The SMILES string of the molecule is C=CC(=O)OCCCCCCCCCCCOc1ccc(C(=O)Oc2ccc(C3=NOC(c4ccc(C)cc4)C3)cc2)cc1. The minimum absolute atomic E-state index is 0.0868. The summed E-state index contributed by atoms with van der Waals surface area (Å²) < 4.78 is 16.4. The Morgan fingerprint density at radius 1 is 0.795 bits per heavy atom. The summed E-state index contributed by atoms with van der Waals surface area (Å²) in [6.45, 7) is 6.59.